The summed E-state index contributed by atoms with van der Waals surface area (Å²) in [6.45, 7) is 2.24. The van der Waals surface area contributed by atoms with E-state index in [1.54, 1.807) is 25.1 Å². The van der Waals surface area contributed by atoms with Crippen LogP contribution in [-0.2, 0) is 0 Å². The molecule has 0 aliphatic carbocycles. The minimum atomic E-state index is -0.340. The molecule has 17 heavy (non-hydrogen) atoms. The van der Waals surface area contributed by atoms with Gasteiger partial charge < -0.3 is 10.4 Å². The Morgan fingerprint density at radius 3 is 2.47 bits per heavy atom. The maximum absolute atomic E-state index is 11.7. The molecule has 0 bridgehead atoms. The van der Waals surface area contributed by atoms with Gasteiger partial charge in [0.25, 0.3) is 5.91 Å². The molecule has 0 fully saturated rings. The van der Waals surface area contributed by atoms with Gasteiger partial charge in [-0.2, -0.15) is 0 Å². The maximum Gasteiger partial charge on any atom is 0.251 e. The Labute approximate surface area is 111 Å². The molecule has 1 amide bonds. The lowest BCUT2D eigenvalue weighted by Crippen LogP contribution is -2.25. The van der Waals surface area contributed by atoms with Gasteiger partial charge in [0.2, 0.25) is 0 Å². The number of benzene rings is 1. The third-order valence-corrected chi connectivity index (χ3v) is 2.65. The highest BCUT2D eigenvalue weighted by atomic mass is 35.5. The molecule has 3 nitrogen and oxygen atoms in total. The van der Waals surface area contributed by atoms with Crippen LogP contribution in [0.4, 0.5) is 0 Å². The Morgan fingerprint density at radius 1 is 1.35 bits per heavy atom. The van der Waals surface area contributed by atoms with Gasteiger partial charge in [0, 0.05) is 22.2 Å². The molecule has 1 unspecified atom stereocenters. The van der Waals surface area contributed by atoms with Crippen molar-refractivity contribution in [3.05, 3.63) is 33.8 Å². The summed E-state index contributed by atoms with van der Waals surface area (Å²) in [6.07, 6.45) is 1.06. The lowest BCUT2D eigenvalue weighted by molar-refractivity contribution is 0.0949. The minimum absolute atomic E-state index is 0.208. The molecule has 0 radical (unpaired) electrons. The van der Waals surface area contributed by atoms with Gasteiger partial charge in [-0.1, -0.05) is 23.2 Å². The summed E-state index contributed by atoms with van der Waals surface area (Å²) in [4.78, 5) is 11.7. The van der Waals surface area contributed by atoms with E-state index in [2.05, 4.69) is 5.32 Å². The Hall–Kier alpha value is -0.770. The third-order valence-electron chi connectivity index (χ3n) is 2.21. The highest BCUT2D eigenvalue weighted by molar-refractivity contribution is 6.35. The number of rotatable bonds is 5. The number of hydrogen-bond donors (Lipinski definition) is 2. The summed E-state index contributed by atoms with van der Waals surface area (Å²) in [5, 5.41) is 12.7. The zero-order valence-corrected chi connectivity index (χ0v) is 11.1. The van der Waals surface area contributed by atoms with E-state index in [0.717, 1.165) is 6.42 Å². The first-order valence-electron chi connectivity index (χ1n) is 5.41. The molecule has 2 N–H and O–H groups in total. The summed E-state index contributed by atoms with van der Waals surface area (Å²) < 4.78 is 0. The SMILES string of the molecule is CC(O)CCCNC(=O)c1cc(Cl)cc(Cl)c1. The Bertz CT molecular complexity index is 374. The number of hydrogen-bond acceptors (Lipinski definition) is 2. The number of carbonyl (C=O) groups excluding carboxylic acids is 1. The fourth-order valence-electron chi connectivity index (χ4n) is 1.39. The molecule has 1 aromatic rings. The molecule has 5 heteroatoms. The summed E-state index contributed by atoms with van der Waals surface area (Å²) in [5.74, 6) is -0.208. The van der Waals surface area contributed by atoms with Crippen molar-refractivity contribution in [1.82, 2.24) is 5.32 Å². The standard InChI is InChI=1S/C12H15Cl2NO2/c1-8(16)3-2-4-15-12(17)9-5-10(13)7-11(14)6-9/h5-8,16H,2-4H2,1H3,(H,15,17). The zero-order valence-electron chi connectivity index (χ0n) is 9.54. The van der Waals surface area contributed by atoms with E-state index < -0.39 is 0 Å². The number of aliphatic hydroxyl groups is 1. The molecule has 0 saturated carbocycles. The third kappa shape index (κ3) is 5.39. The molecule has 0 spiro atoms. The van der Waals surface area contributed by atoms with E-state index in [4.69, 9.17) is 28.3 Å². The summed E-state index contributed by atoms with van der Waals surface area (Å²) in [7, 11) is 0. The Morgan fingerprint density at radius 2 is 1.94 bits per heavy atom. The second kappa shape index (κ2) is 6.84. The number of aliphatic hydroxyl groups excluding tert-OH is 1. The highest BCUT2D eigenvalue weighted by Crippen LogP contribution is 2.18. The van der Waals surface area contributed by atoms with Crippen molar-refractivity contribution in [3.8, 4) is 0 Å². The van der Waals surface area contributed by atoms with Gasteiger partial charge in [0.15, 0.2) is 0 Å². The van der Waals surface area contributed by atoms with Gasteiger partial charge in [0.1, 0.15) is 0 Å². The van der Waals surface area contributed by atoms with Gasteiger partial charge >= 0.3 is 0 Å². The summed E-state index contributed by atoms with van der Waals surface area (Å²) in [6, 6.07) is 4.71. The average molecular weight is 276 g/mol. The van der Waals surface area contributed by atoms with Crippen LogP contribution in [0.5, 0.6) is 0 Å². The van der Waals surface area contributed by atoms with Gasteiger partial charge in [-0.05, 0) is 38.0 Å². The summed E-state index contributed by atoms with van der Waals surface area (Å²) in [5.41, 5.74) is 0.444. The first-order chi connectivity index (χ1) is 7.99. The van der Waals surface area contributed by atoms with Crippen LogP contribution in [-0.4, -0.2) is 23.7 Å². The quantitative estimate of drug-likeness (QED) is 0.812. The van der Waals surface area contributed by atoms with Crippen molar-refractivity contribution in [3.63, 3.8) is 0 Å². The molecule has 0 aromatic heterocycles. The van der Waals surface area contributed by atoms with E-state index in [9.17, 15) is 4.79 Å². The molecule has 0 saturated heterocycles. The van der Waals surface area contributed by atoms with Crippen LogP contribution in [0.25, 0.3) is 0 Å². The largest absolute Gasteiger partial charge is 0.393 e. The molecular weight excluding hydrogens is 261 g/mol. The Balaban J connectivity index is 2.47. The van der Waals surface area contributed by atoms with Gasteiger partial charge in [-0.15, -0.1) is 0 Å². The van der Waals surface area contributed by atoms with Crippen molar-refractivity contribution < 1.29 is 9.90 Å². The number of halogens is 2. The first-order valence-corrected chi connectivity index (χ1v) is 6.17. The fraction of sp³-hybridized carbons (Fsp3) is 0.417. The van der Waals surface area contributed by atoms with E-state index >= 15 is 0 Å². The Kier molecular flexibility index (Phi) is 5.75. The van der Waals surface area contributed by atoms with Crippen molar-refractivity contribution in [2.75, 3.05) is 6.54 Å². The minimum Gasteiger partial charge on any atom is -0.393 e. The fourth-order valence-corrected chi connectivity index (χ4v) is 1.91. The number of carbonyl (C=O) groups is 1. The van der Waals surface area contributed by atoms with E-state index in [0.29, 0.717) is 28.6 Å². The van der Waals surface area contributed by atoms with Crippen molar-refractivity contribution in [2.24, 2.45) is 0 Å². The zero-order chi connectivity index (χ0) is 12.8. The predicted molar refractivity (Wildman–Crippen MR) is 69.7 cm³/mol. The topological polar surface area (TPSA) is 49.3 Å². The number of amides is 1. The van der Waals surface area contributed by atoms with Crippen LogP contribution in [0.3, 0.4) is 0 Å². The van der Waals surface area contributed by atoms with Crippen LogP contribution in [0.2, 0.25) is 10.0 Å². The molecule has 1 rings (SSSR count). The molecule has 94 valence electrons. The molecule has 1 aromatic carbocycles. The van der Waals surface area contributed by atoms with Gasteiger partial charge in [-0.3, -0.25) is 4.79 Å². The van der Waals surface area contributed by atoms with Crippen LogP contribution >= 0.6 is 23.2 Å². The first kappa shape index (κ1) is 14.3. The van der Waals surface area contributed by atoms with Gasteiger partial charge in [-0.25, -0.2) is 0 Å². The van der Waals surface area contributed by atoms with Crippen LogP contribution in [0.1, 0.15) is 30.1 Å². The predicted octanol–water partition coefficient (Wildman–Crippen LogP) is 2.88. The normalized spacial score (nSPS) is 12.2. The van der Waals surface area contributed by atoms with Crippen LogP contribution < -0.4 is 5.32 Å². The summed E-state index contributed by atoms with van der Waals surface area (Å²) >= 11 is 11.6. The van der Waals surface area contributed by atoms with E-state index in [-0.39, 0.29) is 12.0 Å². The van der Waals surface area contributed by atoms with Crippen molar-refractivity contribution >= 4 is 29.1 Å². The highest BCUT2D eigenvalue weighted by Gasteiger charge is 2.07. The molecule has 0 heterocycles. The van der Waals surface area contributed by atoms with Crippen molar-refractivity contribution in [2.45, 2.75) is 25.9 Å². The molecule has 0 aliphatic heterocycles. The van der Waals surface area contributed by atoms with Crippen LogP contribution in [0.15, 0.2) is 18.2 Å². The van der Waals surface area contributed by atoms with Crippen LogP contribution in [0, 0.1) is 0 Å². The molecule has 1 atom stereocenters. The van der Waals surface area contributed by atoms with Crippen molar-refractivity contribution in [1.29, 1.82) is 0 Å². The van der Waals surface area contributed by atoms with Gasteiger partial charge in [0.05, 0.1) is 6.10 Å². The molecule has 0 aliphatic rings. The maximum atomic E-state index is 11.7. The smallest absolute Gasteiger partial charge is 0.251 e. The molecular formula is C12H15Cl2NO2. The second-order valence-corrected chi connectivity index (χ2v) is 4.78. The monoisotopic (exact) mass is 275 g/mol. The average Bonchev–Trinajstić information content (AvgIpc) is 2.22. The second-order valence-electron chi connectivity index (χ2n) is 3.91. The number of nitrogens with one attached hydrogen (secondary N) is 1. The lowest BCUT2D eigenvalue weighted by atomic mass is 10.2. The van der Waals surface area contributed by atoms with E-state index in [1.165, 1.54) is 0 Å². The van der Waals surface area contributed by atoms with E-state index in [1.807, 2.05) is 0 Å². The lowest BCUT2D eigenvalue weighted by Gasteiger charge is -2.07.